The lowest BCUT2D eigenvalue weighted by atomic mass is 10.4. The first-order valence-electron chi connectivity index (χ1n) is 3.49. The van der Waals surface area contributed by atoms with Gasteiger partial charge in [0.15, 0.2) is 0 Å². The quantitative estimate of drug-likeness (QED) is 0.278. The van der Waals surface area contributed by atoms with Gasteiger partial charge in [-0.2, -0.15) is 0 Å². The van der Waals surface area contributed by atoms with Crippen molar-refractivity contribution in [3.05, 3.63) is 0 Å². The summed E-state index contributed by atoms with van der Waals surface area (Å²) in [6.07, 6.45) is 4.68. The molecule has 1 rings (SSSR count). The maximum atomic E-state index is 11.2. The van der Waals surface area contributed by atoms with Crippen molar-refractivity contribution in [3.63, 3.8) is 0 Å². The molecule has 1 fully saturated rings. The average molecular weight is 202 g/mol. The predicted molar refractivity (Wildman–Crippen MR) is 43.3 cm³/mol. The Labute approximate surface area is 75.3 Å². The van der Waals surface area contributed by atoms with E-state index in [1.807, 2.05) is 0 Å². The van der Waals surface area contributed by atoms with Crippen molar-refractivity contribution in [1.82, 2.24) is 0 Å². The topological polar surface area (TPSA) is 69.7 Å². The van der Waals surface area contributed by atoms with Crippen LogP contribution in [0, 0.1) is 12.3 Å². The molecule has 6 heteroatoms. The zero-order valence-electron chi connectivity index (χ0n) is 6.61. The molecule has 0 spiro atoms. The molecule has 1 aliphatic heterocycles. The molecule has 0 aromatic rings. The van der Waals surface area contributed by atoms with Crippen LogP contribution in [0.2, 0.25) is 0 Å². The number of esters is 2. The van der Waals surface area contributed by atoms with Gasteiger partial charge in [0, 0.05) is 0 Å². The number of carbonyl (C=O) groups is 2. The summed E-state index contributed by atoms with van der Waals surface area (Å²) in [7, 11) is -2.60. The Morgan fingerprint density at radius 2 is 2.38 bits per heavy atom. The molecule has 2 atom stereocenters. The standard InChI is InChI=1S/C7H7O5P/c1-2-3-11-13(10)5-4-6(8)12-7(5)9/h1,5,13H,3-4H2. The summed E-state index contributed by atoms with van der Waals surface area (Å²) in [4.78, 5) is 21.4. The van der Waals surface area contributed by atoms with E-state index < -0.39 is 25.6 Å². The highest BCUT2D eigenvalue weighted by Gasteiger charge is 2.38. The number of ether oxygens (including phenoxy) is 1. The molecule has 1 aliphatic rings. The van der Waals surface area contributed by atoms with Crippen molar-refractivity contribution in [1.29, 1.82) is 0 Å². The molecule has 70 valence electrons. The summed E-state index contributed by atoms with van der Waals surface area (Å²) < 4.78 is 20.0. The molecule has 1 heterocycles. The molecule has 0 N–H and O–H groups in total. The zero-order chi connectivity index (χ0) is 9.84. The monoisotopic (exact) mass is 202 g/mol. The minimum atomic E-state index is -2.60. The lowest BCUT2D eigenvalue weighted by molar-refractivity contribution is -0.151. The highest BCUT2D eigenvalue weighted by molar-refractivity contribution is 7.41. The van der Waals surface area contributed by atoms with Crippen LogP contribution < -0.4 is 0 Å². The van der Waals surface area contributed by atoms with Gasteiger partial charge in [-0.1, -0.05) is 5.92 Å². The second-order valence-corrected chi connectivity index (χ2v) is 3.99. The van der Waals surface area contributed by atoms with Crippen LogP contribution in [0.1, 0.15) is 6.42 Å². The van der Waals surface area contributed by atoms with Gasteiger partial charge in [-0.3, -0.25) is 14.2 Å². The number of carbonyl (C=O) groups excluding carboxylic acids is 2. The third kappa shape index (κ3) is 2.41. The maximum Gasteiger partial charge on any atom is 0.326 e. The lowest BCUT2D eigenvalue weighted by Crippen LogP contribution is -2.10. The third-order valence-corrected chi connectivity index (χ3v) is 2.89. The van der Waals surface area contributed by atoms with Crippen LogP contribution in [-0.4, -0.2) is 24.2 Å². The molecule has 5 nitrogen and oxygen atoms in total. The van der Waals surface area contributed by atoms with Crippen molar-refractivity contribution in [2.24, 2.45) is 0 Å². The predicted octanol–water partition coefficient (Wildman–Crippen LogP) is -0.0470. The average Bonchev–Trinajstić information content (AvgIpc) is 2.41. The van der Waals surface area contributed by atoms with Crippen LogP contribution in [0.4, 0.5) is 0 Å². The van der Waals surface area contributed by atoms with Gasteiger partial charge >= 0.3 is 11.9 Å². The molecule has 0 saturated carbocycles. The van der Waals surface area contributed by atoms with Crippen LogP contribution in [0.25, 0.3) is 0 Å². The molecule has 0 aliphatic carbocycles. The van der Waals surface area contributed by atoms with E-state index in [9.17, 15) is 14.2 Å². The van der Waals surface area contributed by atoms with Gasteiger partial charge in [0.25, 0.3) is 0 Å². The summed E-state index contributed by atoms with van der Waals surface area (Å²) in [5, 5.41) is 0. The molecule has 0 amide bonds. The molecule has 13 heavy (non-hydrogen) atoms. The molecule has 0 aromatic carbocycles. The summed E-state index contributed by atoms with van der Waals surface area (Å²) in [6.45, 7) is -0.129. The van der Waals surface area contributed by atoms with E-state index >= 15 is 0 Å². The third-order valence-electron chi connectivity index (χ3n) is 1.45. The highest BCUT2D eigenvalue weighted by atomic mass is 31.1. The van der Waals surface area contributed by atoms with E-state index in [-0.39, 0.29) is 13.0 Å². The number of rotatable bonds is 3. The Kier molecular flexibility index (Phi) is 3.24. The molecular formula is C7H7O5P. The second-order valence-electron chi connectivity index (χ2n) is 2.36. The number of hydrogen-bond donors (Lipinski definition) is 0. The first-order chi connectivity index (χ1) is 6.15. The van der Waals surface area contributed by atoms with Crippen molar-refractivity contribution >= 4 is 20.0 Å². The zero-order valence-corrected chi connectivity index (χ0v) is 7.61. The lowest BCUT2D eigenvalue weighted by Gasteiger charge is -2.02. The van der Waals surface area contributed by atoms with Gasteiger partial charge in [-0.15, -0.1) is 6.42 Å². The number of terminal acetylenes is 1. The minimum absolute atomic E-state index is 0.129. The summed E-state index contributed by atoms with van der Waals surface area (Å²) in [6, 6.07) is 0. The van der Waals surface area contributed by atoms with Crippen molar-refractivity contribution in [2.45, 2.75) is 12.1 Å². The smallest absolute Gasteiger partial charge is 0.326 e. The first kappa shape index (κ1) is 9.97. The summed E-state index contributed by atoms with van der Waals surface area (Å²) in [5.74, 6) is 0.659. The Balaban J connectivity index is 2.53. The van der Waals surface area contributed by atoms with E-state index in [2.05, 4.69) is 15.2 Å². The molecule has 0 aromatic heterocycles. The van der Waals surface area contributed by atoms with E-state index in [4.69, 9.17) is 6.42 Å². The fraction of sp³-hybridized carbons (Fsp3) is 0.429. The normalized spacial score (nSPS) is 23.8. The summed E-state index contributed by atoms with van der Waals surface area (Å²) in [5.41, 5.74) is -0.953. The van der Waals surface area contributed by atoms with E-state index in [0.29, 0.717) is 0 Å². The minimum Gasteiger partial charge on any atom is -0.392 e. The van der Waals surface area contributed by atoms with Crippen molar-refractivity contribution in [3.8, 4) is 12.3 Å². The van der Waals surface area contributed by atoms with Gasteiger partial charge < -0.3 is 9.26 Å². The van der Waals surface area contributed by atoms with Crippen LogP contribution in [0.3, 0.4) is 0 Å². The van der Waals surface area contributed by atoms with Gasteiger partial charge in [-0.05, 0) is 0 Å². The fourth-order valence-corrected chi connectivity index (χ4v) is 1.88. The van der Waals surface area contributed by atoms with E-state index in [0.717, 1.165) is 0 Å². The van der Waals surface area contributed by atoms with E-state index in [1.165, 1.54) is 0 Å². The molecule has 0 radical (unpaired) electrons. The Bertz CT molecular complexity index is 302. The van der Waals surface area contributed by atoms with Gasteiger partial charge in [-0.25, -0.2) is 0 Å². The SMILES string of the molecule is C#CCO[PH](=O)C1CC(=O)OC1=O. The van der Waals surface area contributed by atoms with Crippen LogP contribution in [0.5, 0.6) is 0 Å². The van der Waals surface area contributed by atoms with Crippen LogP contribution >= 0.6 is 8.03 Å². The number of hydrogen-bond acceptors (Lipinski definition) is 5. The van der Waals surface area contributed by atoms with Crippen molar-refractivity contribution < 1.29 is 23.4 Å². The first-order valence-corrected chi connectivity index (χ1v) is 4.89. The van der Waals surface area contributed by atoms with Crippen molar-refractivity contribution in [2.75, 3.05) is 6.61 Å². The van der Waals surface area contributed by atoms with E-state index in [1.54, 1.807) is 0 Å². The van der Waals surface area contributed by atoms with Gasteiger partial charge in [0.05, 0.1) is 6.42 Å². The molecule has 2 unspecified atom stereocenters. The second kappa shape index (κ2) is 4.22. The summed E-state index contributed by atoms with van der Waals surface area (Å²) >= 11 is 0. The Morgan fingerprint density at radius 3 is 2.85 bits per heavy atom. The fourth-order valence-electron chi connectivity index (χ4n) is 0.868. The largest absolute Gasteiger partial charge is 0.392 e. The molecule has 1 saturated heterocycles. The number of cyclic esters (lactones) is 2. The van der Waals surface area contributed by atoms with Gasteiger partial charge in [0.1, 0.15) is 12.3 Å². The molecular weight excluding hydrogens is 195 g/mol. The van der Waals surface area contributed by atoms with Gasteiger partial charge in [0.2, 0.25) is 8.03 Å². The van der Waals surface area contributed by atoms with Crippen LogP contribution in [-0.2, 0) is 23.4 Å². The Morgan fingerprint density at radius 1 is 1.69 bits per heavy atom. The van der Waals surface area contributed by atoms with Crippen LogP contribution in [0.15, 0.2) is 0 Å². The maximum absolute atomic E-state index is 11.2. The highest BCUT2D eigenvalue weighted by Crippen LogP contribution is 2.35. The Hall–Kier alpha value is -1.11. The molecule has 0 bridgehead atoms.